The summed E-state index contributed by atoms with van der Waals surface area (Å²) < 4.78 is 20.3. The smallest absolute Gasteiger partial charge is 0.341 e. The van der Waals surface area contributed by atoms with E-state index >= 15 is 0 Å². The molecule has 0 aliphatic heterocycles. The van der Waals surface area contributed by atoms with Crippen molar-refractivity contribution in [1.29, 1.82) is 0 Å². The third-order valence-electron chi connectivity index (χ3n) is 3.21. The minimum Gasteiger partial charge on any atom is -0.465 e. The number of hydrogen-bond acceptors (Lipinski definition) is 5. The van der Waals surface area contributed by atoms with Crippen molar-refractivity contribution in [2.75, 3.05) is 18.7 Å². The van der Waals surface area contributed by atoms with Crippen LogP contribution in [0.1, 0.15) is 10.4 Å². The maximum Gasteiger partial charge on any atom is 0.341 e. The first-order chi connectivity index (χ1) is 10.9. The number of benzene rings is 1. The summed E-state index contributed by atoms with van der Waals surface area (Å²) in [6, 6.07) is 6.02. The number of ether oxygens (including phenoxy) is 1. The first-order valence-corrected chi connectivity index (χ1v) is 8.49. The van der Waals surface area contributed by atoms with Crippen molar-refractivity contribution in [1.82, 2.24) is 4.57 Å². The van der Waals surface area contributed by atoms with E-state index in [1.807, 2.05) is 6.26 Å². The van der Waals surface area contributed by atoms with E-state index in [-0.39, 0.29) is 27.1 Å². The molecule has 1 aromatic heterocycles. The van der Waals surface area contributed by atoms with Crippen LogP contribution < -0.4 is 10.9 Å². The van der Waals surface area contributed by atoms with Crippen molar-refractivity contribution >= 4 is 45.2 Å². The molecular formula is C15H14BrFN2O3S. The van der Waals surface area contributed by atoms with E-state index in [0.717, 1.165) is 4.90 Å². The fourth-order valence-corrected chi connectivity index (χ4v) is 2.89. The lowest BCUT2D eigenvalue weighted by Crippen LogP contribution is -2.23. The molecule has 0 radical (unpaired) electrons. The average Bonchev–Trinajstić information content (AvgIpc) is 2.55. The van der Waals surface area contributed by atoms with Crippen LogP contribution in [0.15, 0.2) is 38.4 Å². The lowest BCUT2D eigenvalue weighted by atomic mass is 10.2. The second-order valence-corrected chi connectivity index (χ2v) is 6.32. The minimum absolute atomic E-state index is 0.120. The molecule has 0 saturated heterocycles. The van der Waals surface area contributed by atoms with Crippen LogP contribution in [0.4, 0.5) is 15.9 Å². The number of aromatic nitrogens is 1. The van der Waals surface area contributed by atoms with Gasteiger partial charge in [0.1, 0.15) is 17.2 Å². The SMILES string of the molecule is COC(=O)c1cc(Br)c(=O)n(C)c1Nc1ccc(SC)cc1F. The third kappa shape index (κ3) is 3.59. The first-order valence-electron chi connectivity index (χ1n) is 6.47. The van der Waals surface area contributed by atoms with Crippen molar-refractivity contribution in [3.63, 3.8) is 0 Å². The summed E-state index contributed by atoms with van der Waals surface area (Å²) in [5.41, 5.74) is -0.0820. The zero-order chi connectivity index (χ0) is 17.1. The van der Waals surface area contributed by atoms with Crippen molar-refractivity contribution in [2.45, 2.75) is 4.90 Å². The van der Waals surface area contributed by atoms with Crippen LogP contribution in [-0.2, 0) is 11.8 Å². The molecule has 0 aliphatic rings. The number of pyridine rings is 1. The number of anilines is 2. The van der Waals surface area contributed by atoms with Gasteiger partial charge in [0, 0.05) is 11.9 Å². The summed E-state index contributed by atoms with van der Waals surface area (Å²) >= 11 is 4.52. The van der Waals surface area contributed by atoms with E-state index in [4.69, 9.17) is 4.74 Å². The lowest BCUT2D eigenvalue weighted by molar-refractivity contribution is 0.0601. The Morgan fingerprint density at radius 2 is 2.09 bits per heavy atom. The normalized spacial score (nSPS) is 10.5. The van der Waals surface area contributed by atoms with E-state index < -0.39 is 11.8 Å². The summed E-state index contributed by atoms with van der Waals surface area (Å²) in [5.74, 6) is -0.964. The lowest BCUT2D eigenvalue weighted by Gasteiger charge is -2.16. The Labute approximate surface area is 145 Å². The van der Waals surface area contributed by atoms with E-state index in [2.05, 4.69) is 21.2 Å². The van der Waals surface area contributed by atoms with E-state index in [9.17, 15) is 14.0 Å². The Hall–Kier alpha value is -1.80. The molecule has 8 heteroatoms. The van der Waals surface area contributed by atoms with Gasteiger partial charge < -0.3 is 10.1 Å². The minimum atomic E-state index is -0.634. The second kappa shape index (κ2) is 7.18. The molecule has 1 N–H and O–H groups in total. The molecule has 23 heavy (non-hydrogen) atoms. The quantitative estimate of drug-likeness (QED) is 0.628. The van der Waals surface area contributed by atoms with E-state index in [0.29, 0.717) is 0 Å². The molecule has 5 nitrogen and oxygen atoms in total. The largest absolute Gasteiger partial charge is 0.465 e. The number of hydrogen-bond donors (Lipinski definition) is 1. The van der Waals surface area contributed by atoms with Gasteiger partial charge in [-0.3, -0.25) is 9.36 Å². The zero-order valence-electron chi connectivity index (χ0n) is 12.6. The Morgan fingerprint density at radius 1 is 1.39 bits per heavy atom. The number of carbonyl (C=O) groups excluding carboxylic acids is 1. The number of methoxy groups -OCH3 is 1. The fourth-order valence-electron chi connectivity index (χ4n) is 1.97. The number of thioether (sulfide) groups is 1. The predicted molar refractivity (Wildman–Crippen MR) is 92.2 cm³/mol. The van der Waals surface area contributed by atoms with Crippen LogP contribution in [-0.4, -0.2) is 23.9 Å². The Balaban J connectivity index is 2.57. The van der Waals surface area contributed by atoms with Gasteiger partial charge in [0.25, 0.3) is 5.56 Å². The van der Waals surface area contributed by atoms with Crippen molar-refractivity contribution < 1.29 is 13.9 Å². The molecule has 0 amide bonds. The summed E-state index contributed by atoms with van der Waals surface area (Å²) in [7, 11) is 2.72. The van der Waals surface area contributed by atoms with Gasteiger partial charge >= 0.3 is 5.97 Å². The van der Waals surface area contributed by atoms with Crippen LogP contribution in [0, 0.1) is 5.82 Å². The van der Waals surface area contributed by atoms with Gasteiger partial charge in [0.2, 0.25) is 0 Å². The van der Waals surface area contributed by atoms with Gasteiger partial charge in [-0.15, -0.1) is 11.8 Å². The van der Waals surface area contributed by atoms with E-state index in [1.54, 1.807) is 12.1 Å². The van der Waals surface area contributed by atoms with Crippen LogP contribution >= 0.6 is 27.7 Å². The number of nitrogens with one attached hydrogen (secondary N) is 1. The molecule has 0 spiro atoms. The van der Waals surface area contributed by atoms with Crippen LogP contribution in [0.25, 0.3) is 0 Å². The molecule has 0 atom stereocenters. The summed E-state index contributed by atoms with van der Waals surface area (Å²) in [6.45, 7) is 0. The molecule has 2 rings (SSSR count). The molecule has 1 aromatic carbocycles. The third-order valence-corrected chi connectivity index (χ3v) is 4.50. The molecule has 0 bridgehead atoms. The van der Waals surface area contributed by atoms with Gasteiger partial charge in [-0.2, -0.15) is 0 Å². The fraction of sp³-hybridized carbons (Fsp3) is 0.200. The molecule has 122 valence electrons. The Morgan fingerprint density at radius 3 is 2.65 bits per heavy atom. The predicted octanol–water partition coefficient (Wildman–Crippen LogP) is 3.54. The molecule has 0 aliphatic carbocycles. The maximum atomic E-state index is 14.2. The Kier molecular flexibility index (Phi) is 5.48. The van der Waals surface area contributed by atoms with Crippen molar-refractivity contribution in [2.24, 2.45) is 7.05 Å². The number of nitrogens with zero attached hydrogens (tertiary/aromatic N) is 1. The highest BCUT2D eigenvalue weighted by molar-refractivity contribution is 9.10. The number of esters is 1. The molecule has 0 fully saturated rings. The second-order valence-electron chi connectivity index (χ2n) is 4.58. The molecule has 1 heterocycles. The van der Waals surface area contributed by atoms with E-state index in [1.165, 1.54) is 42.6 Å². The highest BCUT2D eigenvalue weighted by Crippen LogP contribution is 2.27. The van der Waals surface area contributed by atoms with Gasteiger partial charge in [0.05, 0.1) is 17.3 Å². The highest BCUT2D eigenvalue weighted by atomic mass is 79.9. The van der Waals surface area contributed by atoms with Crippen molar-refractivity contribution in [3.8, 4) is 0 Å². The maximum absolute atomic E-state index is 14.2. The summed E-state index contributed by atoms with van der Waals surface area (Å²) in [5, 5.41) is 2.80. The standard InChI is InChI=1S/C15H14BrFN2O3S/c1-19-13(9(15(21)22-2)7-10(16)14(19)20)18-12-5-4-8(23-3)6-11(12)17/h4-7,18H,1-3H3. The van der Waals surface area contributed by atoms with Crippen molar-refractivity contribution in [3.05, 3.63) is 50.5 Å². The molecule has 2 aromatic rings. The average molecular weight is 401 g/mol. The van der Waals surface area contributed by atoms with Gasteiger partial charge in [0.15, 0.2) is 0 Å². The van der Waals surface area contributed by atoms with Crippen LogP contribution in [0.2, 0.25) is 0 Å². The number of rotatable bonds is 4. The van der Waals surface area contributed by atoms with Crippen LogP contribution in [0.5, 0.6) is 0 Å². The van der Waals surface area contributed by atoms with Gasteiger partial charge in [-0.05, 0) is 46.5 Å². The molecular weight excluding hydrogens is 387 g/mol. The highest BCUT2D eigenvalue weighted by Gasteiger charge is 2.19. The molecule has 0 saturated carbocycles. The topological polar surface area (TPSA) is 60.3 Å². The summed E-state index contributed by atoms with van der Waals surface area (Å²) in [4.78, 5) is 24.8. The van der Waals surface area contributed by atoms with Gasteiger partial charge in [-0.25, -0.2) is 9.18 Å². The van der Waals surface area contributed by atoms with Crippen LogP contribution in [0.3, 0.4) is 0 Å². The monoisotopic (exact) mass is 400 g/mol. The van der Waals surface area contributed by atoms with Gasteiger partial charge in [-0.1, -0.05) is 0 Å². The Bertz CT molecular complexity index is 823. The first kappa shape index (κ1) is 17.6. The molecule has 0 unspecified atom stereocenters. The number of halogens is 2. The summed E-state index contributed by atoms with van der Waals surface area (Å²) in [6.07, 6.45) is 1.84. The zero-order valence-corrected chi connectivity index (χ0v) is 15.0. The number of carbonyl (C=O) groups is 1.